The summed E-state index contributed by atoms with van der Waals surface area (Å²) >= 11 is 5.50. The van der Waals surface area contributed by atoms with Gasteiger partial charge in [-0.05, 0) is 36.4 Å². The van der Waals surface area contributed by atoms with Crippen LogP contribution in [0.15, 0.2) is 47.4 Å². The van der Waals surface area contributed by atoms with Crippen molar-refractivity contribution < 1.29 is 26.4 Å². The lowest BCUT2D eigenvalue weighted by molar-refractivity contribution is -0.137. The molecule has 0 atom stereocenters. The maximum absolute atomic E-state index is 12.9. The minimum atomic E-state index is -4.78. The summed E-state index contributed by atoms with van der Waals surface area (Å²) in [5.41, 5.74) is -0.808. The van der Waals surface area contributed by atoms with Gasteiger partial charge >= 0.3 is 6.18 Å². The minimum absolute atomic E-state index is 0.0856. The summed E-state index contributed by atoms with van der Waals surface area (Å²) in [7, 11) is -4.29. The van der Waals surface area contributed by atoms with Gasteiger partial charge in [0.2, 0.25) is 5.91 Å². The molecule has 26 heavy (non-hydrogen) atoms. The number of hydrogen-bond acceptors (Lipinski definition) is 3. The summed E-state index contributed by atoms with van der Waals surface area (Å²) in [6.45, 7) is 1.65. The maximum atomic E-state index is 12.9. The molecule has 0 bridgehead atoms. The fraction of sp³-hybridized carbons (Fsp3) is 0.188. The molecule has 0 saturated heterocycles. The van der Waals surface area contributed by atoms with Crippen molar-refractivity contribution in [2.45, 2.75) is 24.4 Å². The molecule has 0 aliphatic rings. The van der Waals surface area contributed by atoms with Crippen LogP contribution in [0, 0.1) is 0 Å². The van der Waals surface area contributed by atoms with E-state index >= 15 is 0 Å². The highest BCUT2D eigenvalue weighted by molar-refractivity contribution is 7.92. The van der Waals surface area contributed by atoms with Crippen molar-refractivity contribution in [3.8, 4) is 0 Å². The van der Waals surface area contributed by atoms with Crippen LogP contribution in [0.5, 0.6) is 0 Å². The number of carbonyl (C=O) groups is 1. The summed E-state index contributed by atoms with van der Waals surface area (Å²) in [6.07, 6.45) is -4.55. The Labute approximate surface area is 153 Å². The summed E-state index contributed by atoms with van der Waals surface area (Å²) in [5.74, 6) is -0.266. The Morgan fingerprint density at radius 2 is 1.77 bits per heavy atom. The van der Waals surface area contributed by atoms with Gasteiger partial charge in [0.1, 0.15) is 0 Å². The van der Waals surface area contributed by atoms with Crippen LogP contribution < -0.4 is 10.0 Å². The van der Waals surface area contributed by atoms with Crippen molar-refractivity contribution in [3.05, 3.63) is 53.1 Å². The van der Waals surface area contributed by atoms with E-state index in [4.69, 9.17) is 11.6 Å². The number of alkyl halides is 3. The first-order valence-electron chi connectivity index (χ1n) is 7.32. The molecule has 0 fully saturated rings. The average molecular weight is 407 g/mol. The molecule has 0 aliphatic carbocycles. The van der Waals surface area contributed by atoms with Gasteiger partial charge in [-0.25, -0.2) is 8.42 Å². The van der Waals surface area contributed by atoms with Crippen molar-refractivity contribution in [2.75, 3.05) is 10.0 Å². The molecule has 5 nitrogen and oxygen atoms in total. The number of benzene rings is 2. The van der Waals surface area contributed by atoms with Crippen LogP contribution in [0.2, 0.25) is 5.02 Å². The molecule has 10 heteroatoms. The molecule has 0 saturated carbocycles. The first-order chi connectivity index (χ1) is 12.0. The van der Waals surface area contributed by atoms with E-state index < -0.39 is 31.7 Å². The zero-order valence-corrected chi connectivity index (χ0v) is 15.0. The van der Waals surface area contributed by atoms with Gasteiger partial charge in [0, 0.05) is 12.1 Å². The Balaban J connectivity index is 2.32. The molecule has 140 valence electrons. The van der Waals surface area contributed by atoms with Crippen LogP contribution in [-0.2, 0) is 21.0 Å². The van der Waals surface area contributed by atoms with Crippen molar-refractivity contribution in [1.82, 2.24) is 0 Å². The van der Waals surface area contributed by atoms with E-state index in [9.17, 15) is 26.4 Å². The third-order valence-corrected chi connectivity index (χ3v) is 4.98. The van der Waals surface area contributed by atoms with Gasteiger partial charge in [-0.15, -0.1) is 0 Å². The highest BCUT2D eigenvalue weighted by Crippen LogP contribution is 2.36. The fourth-order valence-electron chi connectivity index (χ4n) is 2.01. The van der Waals surface area contributed by atoms with E-state index in [1.54, 1.807) is 13.0 Å². The second-order valence-corrected chi connectivity index (χ2v) is 7.32. The quantitative estimate of drug-likeness (QED) is 0.767. The molecule has 2 N–H and O–H groups in total. The molecule has 2 aromatic rings. The summed E-state index contributed by atoms with van der Waals surface area (Å²) in [5, 5.41) is 1.96. The zero-order chi connectivity index (χ0) is 19.5. The lowest BCUT2D eigenvalue weighted by atomic mass is 10.2. The summed E-state index contributed by atoms with van der Waals surface area (Å²) in [6, 6.07) is 8.11. The molecule has 1 amide bonds. The number of amides is 1. The van der Waals surface area contributed by atoms with E-state index in [0.29, 0.717) is 11.8 Å². The molecule has 2 rings (SSSR count). The lowest BCUT2D eigenvalue weighted by Gasteiger charge is -2.13. The van der Waals surface area contributed by atoms with E-state index in [0.717, 1.165) is 12.1 Å². The normalized spacial score (nSPS) is 11.9. The van der Waals surface area contributed by atoms with E-state index in [1.807, 2.05) is 0 Å². The monoisotopic (exact) mass is 406 g/mol. The van der Waals surface area contributed by atoms with Gasteiger partial charge in [-0.3, -0.25) is 9.52 Å². The predicted molar refractivity (Wildman–Crippen MR) is 92.6 cm³/mol. The average Bonchev–Trinajstić information content (AvgIpc) is 2.53. The zero-order valence-electron chi connectivity index (χ0n) is 13.4. The number of sulfonamides is 1. The topological polar surface area (TPSA) is 75.3 Å². The third-order valence-electron chi connectivity index (χ3n) is 3.27. The molecule has 0 unspecified atom stereocenters. The first-order valence-corrected chi connectivity index (χ1v) is 9.18. The van der Waals surface area contributed by atoms with E-state index in [2.05, 4.69) is 10.0 Å². The molecular formula is C16H14ClF3N2O3S. The van der Waals surface area contributed by atoms with E-state index in [-0.39, 0.29) is 18.0 Å². The van der Waals surface area contributed by atoms with Crippen molar-refractivity contribution in [3.63, 3.8) is 0 Å². The van der Waals surface area contributed by atoms with Gasteiger partial charge in [-0.1, -0.05) is 24.6 Å². The second-order valence-electron chi connectivity index (χ2n) is 5.23. The number of carbonyl (C=O) groups excluding carboxylic acids is 1. The van der Waals surface area contributed by atoms with Gasteiger partial charge in [0.15, 0.2) is 0 Å². The summed E-state index contributed by atoms with van der Waals surface area (Å²) < 4.78 is 65.7. The number of anilines is 2. The third kappa shape index (κ3) is 4.89. The standard InChI is InChI=1S/C16H14ClF3N2O3S/c1-2-15(23)21-10-4-3-5-11(8-10)22-26(24,25)12-6-7-14(17)13(9-12)16(18,19)20/h3-9,22H,2H2,1H3,(H,21,23). The molecule has 0 aromatic heterocycles. The number of nitrogens with one attached hydrogen (secondary N) is 2. The lowest BCUT2D eigenvalue weighted by Crippen LogP contribution is -2.15. The van der Waals surface area contributed by atoms with Crippen molar-refractivity contribution in [1.29, 1.82) is 0 Å². The number of hydrogen-bond donors (Lipinski definition) is 2. The van der Waals surface area contributed by atoms with Crippen LogP contribution in [0.3, 0.4) is 0 Å². The Bertz CT molecular complexity index is 931. The van der Waals surface area contributed by atoms with E-state index in [1.165, 1.54) is 18.2 Å². The van der Waals surface area contributed by atoms with Gasteiger partial charge in [0.25, 0.3) is 10.0 Å². The maximum Gasteiger partial charge on any atom is 0.417 e. The Hall–Kier alpha value is -2.26. The fourth-order valence-corrected chi connectivity index (χ4v) is 3.31. The van der Waals surface area contributed by atoms with Crippen LogP contribution in [0.1, 0.15) is 18.9 Å². The van der Waals surface area contributed by atoms with Crippen molar-refractivity contribution in [2.24, 2.45) is 0 Å². The SMILES string of the molecule is CCC(=O)Nc1cccc(NS(=O)(=O)c2ccc(Cl)c(C(F)(F)F)c2)c1. The highest BCUT2D eigenvalue weighted by atomic mass is 35.5. The molecule has 0 radical (unpaired) electrons. The number of rotatable bonds is 5. The van der Waals surface area contributed by atoms with Crippen LogP contribution in [0.4, 0.5) is 24.5 Å². The Kier molecular flexibility index (Phi) is 5.82. The van der Waals surface area contributed by atoms with Crippen LogP contribution in [0.25, 0.3) is 0 Å². The first kappa shape index (κ1) is 20.1. The molecular weight excluding hydrogens is 393 g/mol. The smallest absolute Gasteiger partial charge is 0.326 e. The highest BCUT2D eigenvalue weighted by Gasteiger charge is 2.34. The largest absolute Gasteiger partial charge is 0.417 e. The molecule has 2 aromatic carbocycles. The second kappa shape index (κ2) is 7.55. The number of halogens is 4. The van der Waals surface area contributed by atoms with Crippen LogP contribution in [-0.4, -0.2) is 14.3 Å². The molecule has 0 heterocycles. The van der Waals surface area contributed by atoms with Gasteiger partial charge < -0.3 is 5.32 Å². The Morgan fingerprint density at radius 1 is 1.12 bits per heavy atom. The molecule has 0 spiro atoms. The van der Waals surface area contributed by atoms with Crippen molar-refractivity contribution >= 4 is 38.9 Å². The minimum Gasteiger partial charge on any atom is -0.326 e. The van der Waals surface area contributed by atoms with Crippen LogP contribution >= 0.6 is 11.6 Å². The molecule has 0 aliphatic heterocycles. The summed E-state index contributed by atoms with van der Waals surface area (Å²) in [4.78, 5) is 10.8. The Morgan fingerprint density at radius 3 is 2.38 bits per heavy atom. The predicted octanol–water partition coefficient (Wildman–Crippen LogP) is 4.51. The van der Waals surface area contributed by atoms with Gasteiger partial charge in [0.05, 0.1) is 21.2 Å². The van der Waals surface area contributed by atoms with Gasteiger partial charge in [-0.2, -0.15) is 13.2 Å².